The van der Waals surface area contributed by atoms with Crippen LogP contribution in [0.25, 0.3) is 0 Å². The lowest BCUT2D eigenvalue weighted by Gasteiger charge is -2.19. The third kappa shape index (κ3) is 2.80. The molecule has 0 radical (unpaired) electrons. The SMILES string of the molecule is Cc1ccc(F)cc1C(O)C(C)S(C)(=O)=O. The van der Waals surface area contributed by atoms with E-state index in [2.05, 4.69) is 0 Å². The molecule has 0 saturated heterocycles. The third-order valence-electron chi connectivity index (χ3n) is 2.68. The van der Waals surface area contributed by atoms with Gasteiger partial charge >= 0.3 is 0 Å². The van der Waals surface area contributed by atoms with Crippen molar-refractivity contribution in [1.82, 2.24) is 0 Å². The molecule has 0 bridgehead atoms. The van der Waals surface area contributed by atoms with Gasteiger partial charge in [-0.1, -0.05) is 6.07 Å². The lowest BCUT2D eigenvalue weighted by molar-refractivity contribution is 0.175. The number of hydrogen-bond donors (Lipinski definition) is 1. The van der Waals surface area contributed by atoms with Crippen LogP contribution in [0.1, 0.15) is 24.2 Å². The molecule has 0 aromatic heterocycles. The summed E-state index contributed by atoms with van der Waals surface area (Å²) in [5.41, 5.74) is 0.988. The summed E-state index contributed by atoms with van der Waals surface area (Å²) >= 11 is 0. The van der Waals surface area contributed by atoms with Crippen LogP contribution in [0, 0.1) is 12.7 Å². The molecule has 0 aliphatic carbocycles. The molecule has 1 aromatic carbocycles. The van der Waals surface area contributed by atoms with Crippen LogP contribution in [0.2, 0.25) is 0 Å². The highest BCUT2D eigenvalue weighted by atomic mass is 32.2. The number of aliphatic hydroxyl groups is 1. The predicted molar refractivity (Wildman–Crippen MR) is 60.4 cm³/mol. The van der Waals surface area contributed by atoms with E-state index in [9.17, 15) is 17.9 Å². The molecule has 90 valence electrons. The maximum Gasteiger partial charge on any atom is 0.152 e. The lowest BCUT2D eigenvalue weighted by atomic mass is 10.0. The van der Waals surface area contributed by atoms with E-state index < -0.39 is 27.0 Å². The van der Waals surface area contributed by atoms with Crippen molar-refractivity contribution in [2.24, 2.45) is 0 Å². The first-order valence-electron chi connectivity index (χ1n) is 4.86. The summed E-state index contributed by atoms with van der Waals surface area (Å²) < 4.78 is 35.6. The number of rotatable bonds is 3. The summed E-state index contributed by atoms with van der Waals surface area (Å²) in [6.07, 6.45) is -0.152. The largest absolute Gasteiger partial charge is 0.387 e. The van der Waals surface area contributed by atoms with Gasteiger partial charge in [-0.05, 0) is 37.1 Å². The highest BCUT2D eigenvalue weighted by Crippen LogP contribution is 2.25. The molecule has 1 aromatic rings. The van der Waals surface area contributed by atoms with Gasteiger partial charge in [0.25, 0.3) is 0 Å². The minimum absolute atomic E-state index is 0.318. The Morgan fingerprint density at radius 2 is 1.94 bits per heavy atom. The standard InChI is InChI=1S/C11H15FO3S/c1-7-4-5-9(12)6-10(7)11(13)8(2)16(3,14)15/h4-6,8,11,13H,1-3H3. The first-order chi connectivity index (χ1) is 7.23. The van der Waals surface area contributed by atoms with Crippen molar-refractivity contribution in [3.05, 3.63) is 35.1 Å². The minimum Gasteiger partial charge on any atom is -0.387 e. The van der Waals surface area contributed by atoms with Gasteiger partial charge in [0.05, 0.1) is 11.4 Å². The molecule has 0 saturated carbocycles. The second kappa shape index (κ2) is 4.51. The quantitative estimate of drug-likeness (QED) is 0.881. The Labute approximate surface area is 94.8 Å². The van der Waals surface area contributed by atoms with E-state index in [0.29, 0.717) is 11.1 Å². The molecule has 0 aliphatic heterocycles. The van der Waals surface area contributed by atoms with Crippen molar-refractivity contribution in [3.63, 3.8) is 0 Å². The van der Waals surface area contributed by atoms with E-state index in [1.54, 1.807) is 6.92 Å². The summed E-state index contributed by atoms with van der Waals surface area (Å²) in [6.45, 7) is 3.11. The molecule has 0 spiro atoms. The number of sulfone groups is 1. The van der Waals surface area contributed by atoms with Crippen molar-refractivity contribution in [2.45, 2.75) is 25.2 Å². The van der Waals surface area contributed by atoms with Gasteiger partial charge in [-0.15, -0.1) is 0 Å². The second-order valence-electron chi connectivity index (χ2n) is 3.98. The maximum absolute atomic E-state index is 13.0. The Kier molecular flexibility index (Phi) is 3.70. The molecule has 1 rings (SSSR count). The number of halogens is 1. The van der Waals surface area contributed by atoms with Gasteiger partial charge in [-0.25, -0.2) is 12.8 Å². The zero-order chi connectivity index (χ0) is 12.5. The van der Waals surface area contributed by atoms with Gasteiger partial charge in [-0.2, -0.15) is 0 Å². The average molecular weight is 246 g/mol. The van der Waals surface area contributed by atoms with Gasteiger partial charge in [0, 0.05) is 6.26 Å². The van der Waals surface area contributed by atoms with Crippen LogP contribution in [-0.4, -0.2) is 25.0 Å². The van der Waals surface area contributed by atoms with Crippen LogP contribution in [-0.2, 0) is 9.84 Å². The smallest absolute Gasteiger partial charge is 0.152 e. The van der Waals surface area contributed by atoms with Gasteiger partial charge in [0.1, 0.15) is 5.82 Å². The highest BCUT2D eigenvalue weighted by Gasteiger charge is 2.26. The molecule has 5 heteroatoms. The van der Waals surface area contributed by atoms with Crippen LogP contribution in [0.4, 0.5) is 4.39 Å². The average Bonchev–Trinajstić information content (AvgIpc) is 2.18. The fourth-order valence-corrected chi connectivity index (χ4v) is 2.03. The predicted octanol–water partition coefficient (Wildman–Crippen LogP) is 1.60. The Bertz CT molecular complexity index is 482. The Morgan fingerprint density at radius 1 is 1.38 bits per heavy atom. The lowest BCUT2D eigenvalue weighted by Crippen LogP contribution is -2.24. The molecule has 0 aliphatic rings. The van der Waals surface area contributed by atoms with Crippen molar-refractivity contribution in [2.75, 3.05) is 6.26 Å². The Balaban J connectivity index is 3.14. The van der Waals surface area contributed by atoms with Crippen LogP contribution in [0.3, 0.4) is 0 Å². The number of aryl methyl sites for hydroxylation is 1. The molecule has 2 unspecified atom stereocenters. The van der Waals surface area contributed by atoms with Crippen LogP contribution >= 0.6 is 0 Å². The monoisotopic (exact) mass is 246 g/mol. The second-order valence-corrected chi connectivity index (χ2v) is 6.38. The fourth-order valence-electron chi connectivity index (χ4n) is 1.42. The summed E-state index contributed by atoms with van der Waals surface area (Å²) in [7, 11) is -3.35. The molecule has 16 heavy (non-hydrogen) atoms. The number of aliphatic hydroxyl groups excluding tert-OH is 1. The van der Waals surface area contributed by atoms with E-state index in [1.807, 2.05) is 0 Å². The third-order valence-corrected chi connectivity index (χ3v) is 4.29. The maximum atomic E-state index is 13.0. The molecule has 0 amide bonds. The van der Waals surface area contributed by atoms with Crippen molar-refractivity contribution in [1.29, 1.82) is 0 Å². The number of hydrogen-bond acceptors (Lipinski definition) is 3. The van der Waals surface area contributed by atoms with Gasteiger partial charge in [0.2, 0.25) is 0 Å². The summed E-state index contributed by atoms with van der Waals surface area (Å²) in [4.78, 5) is 0. The Morgan fingerprint density at radius 3 is 2.44 bits per heavy atom. The minimum atomic E-state index is -3.35. The van der Waals surface area contributed by atoms with E-state index in [4.69, 9.17) is 0 Å². The van der Waals surface area contributed by atoms with E-state index >= 15 is 0 Å². The van der Waals surface area contributed by atoms with Crippen LogP contribution < -0.4 is 0 Å². The first-order valence-corrected chi connectivity index (χ1v) is 6.82. The normalized spacial score (nSPS) is 15.8. The molecule has 3 nitrogen and oxygen atoms in total. The first kappa shape index (κ1) is 13.1. The van der Waals surface area contributed by atoms with Crippen molar-refractivity contribution < 1.29 is 17.9 Å². The van der Waals surface area contributed by atoms with Crippen LogP contribution in [0.15, 0.2) is 18.2 Å². The van der Waals surface area contributed by atoms with E-state index in [0.717, 1.165) is 6.26 Å². The van der Waals surface area contributed by atoms with E-state index in [1.165, 1.54) is 25.1 Å². The van der Waals surface area contributed by atoms with Crippen LogP contribution in [0.5, 0.6) is 0 Å². The summed E-state index contributed by atoms with van der Waals surface area (Å²) in [5, 5.41) is 8.93. The Hall–Kier alpha value is -0.940. The highest BCUT2D eigenvalue weighted by molar-refractivity contribution is 7.91. The van der Waals surface area contributed by atoms with Gasteiger partial charge in [0.15, 0.2) is 9.84 Å². The molecular formula is C11H15FO3S. The zero-order valence-electron chi connectivity index (χ0n) is 9.44. The summed E-state index contributed by atoms with van der Waals surface area (Å²) in [5.74, 6) is -0.486. The van der Waals surface area contributed by atoms with Gasteiger partial charge < -0.3 is 5.11 Å². The van der Waals surface area contributed by atoms with Gasteiger partial charge in [-0.3, -0.25) is 0 Å². The van der Waals surface area contributed by atoms with E-state index in [-0.39, 0.29) is 0 Å². The van der Waals surface area contributed by atoms with Crippen molar-refractivity contribution in [3.8, 4) is 0 Å². The van der Waals surface area contributed by atoms with Crippen molar-refractivity contribution >= 4 is 9.84 Å². The summed E-state index contributed by atoms with van der Waals surface area (Å²) in [6, 6.07) is 3.96. The molecule has 2 atom stereocenters. The zero-order valence-corrected chi connectivity index (χ0v) is 10.3. The molecule has 1 N–H and O–H groups in total. The molecule has 0 fully saturated rings. The number of benzene rings is 1. The topological polar surface area (TPSA) is 54.4 Å². The fraction of sp³-hybridized carbons (Fsp3) is 0.455. The molecule has 0 heterocycles. The molecular weight excluding hydrogens is 231 g/mol.